The zero-order valence-electron chi connectivity index (χ0n) is 12.6. The lowest BCUT2D eigenvalue weighted by Crippen LogP contribution is -2.22. The maximum atomic E-state index is 12.3. The van der Waals surface area contributed by atoms with Gasteiger partial charge in [0.2, 0.25) is 0 Å². The Morgan fingerprint density at radius 2 is 1.86 bits per heavy atom. The monoisotopic (exact) mass is 291 g/mol. The molecule has 110 valence electrons. The number of fused-ring (bicyclic) bond motifs is 1. The van der Waals surface area contributed by atoms with Crippen molar-refractivity contribution >= 4 is 16.8 Å². The second-order valence-corrected chi connectivity index (χ2v) is 5.35. The molecule has 0 aliphatic heterocycles. The molecule has 0 fully saturated rings. The molecule has 0 aliphatic carbocycles. The molecular weight excluding hydrogens is 274 g/mol. The molecule has 2 aromatic heterocycles. The highest BCUT2D eigenvalue weighted by atomic mass is 16.1. The molecule has 0 atom stereocenters. The van der Waals surface area contributed by atoms with Crippen molar-refractivity contribution in [3.8, 4) is 0 Å². The number of pyridine rings is 2. The summed E-state index contributed by atoms with van der Waals surface area (Å²) >= 11 is 0. The fourth-order valence-electron chi connectivity index (χ4n) is 2.49. The average Bonchev–Trinajstić information content (AvgIpc) is 2.53. The van der Waals surface area contributed by atoms with Gasteiger partial charge in [0.15, 0.2) is 0 Å². The minimum absolute atomic E-state index is 0.0845. The first kappa shape index (κ1) is 14.2. The van der Waals surface area contributed by atoms with Crippen molar-refractivity contribution in [1.82, 2.24) is 15.3 Å². The lowest BCUT2D eigenvalue weighted by molar-refractivity contribution is 0.0951. The van der Waals surface area contributed by atoms with Crippen molar-refractivity contribution in [2.24, 2.45) is 0 Å². The minimum atomic E-state index is -0.0845. The van der Waals surface area contributed by atoms with E-state index in [1.54, 1.807) is 12.4 Å². The Bertz CT molecular complexity index is 828. The molecule has 0 spiro atoms. The van der Waals surface area contributed by atoms with E-state index in [-0.39, 0.29) is 5.91 Å². The molecule has 0 bridgehead atoms. The number of hydrogen-bond donors (Lipinski definition) is 1. The largest absolute Gasteiger partial charge is 0.348 e. The van der Waals surface area contributed by atoms with Gasteiger partial charge in [0.1, 0.15) is 0 Å². The van der Waals surface area contributed by atoms with Gasteiger partial charge in [0.05, 0.1) is 5.52 Å². The molecular formula is C18H17N3O. The summed E-state index contributed by atoms with van der Waals surface area (Å²) in [6.45, 7) is 4.50. The topological polar surface area (TPSA) is 54.9 Å². The molecule has 0 aliphatic rings. The third-order valence-electron chi connectivity index (χ3n) is 3.61. The molecule has 1 amide bonds. The van der Waals surface area contributed by atoms with Crippen LogP contribution < -0.4 is 5.32 Å². The van der Waals surface area contributed by atoms with Gasteiger partial charge < -0.3 is 5.32 Å². The maximum absolute atomic E-state index is 12.3. The van der Waals surface area contributed by atoms with E-state index >= 15 is 0 Å². The molecule has 1 N–H and O–H groups in total. The van der Waals surface area contributed by atoms with Crippen molar-refractivity contribution in [3.63, 3.8) is 0 Å². The first-order valence-electron chi connectivity index (χ1n) is 7.18. The molecule has 3 aromatic rings. The van der Waals surface area contributed by atoms with Crippen molar-refractivity contribution in [3.05, 3.63) is 71.2 Å². The lowest BCUT2D eigenvalue weighted by Gasteiger charge is -2.08. The van der Waals surface area contributed by atoms with Gasteiger partial charge in [-0.1, -0.05) is 0 Å². The molecule has 4 nitrogen and oxygen atoms in total. The predicted molar refractivity (Wildman–Crippen MR) is 86.6 cm³/mol. The Morgan fingerprint density at radius 3 is 2.64 bits per heavy atom. The summed E-state index contributed by atoms with van der Waals surface area (Å²) in [5, 5.41) is 3.94. The molecule has 3 rings (SSSR count). The van der Waals surface area contributed by atoms with Crippen LogP contribution >= 0.6 is 0 Å². The molecule has 0 radical (unpaired) electrons. The van der Waals surface area contributed by atoms with Crippen molar-refractivity contribution in [1.29, 1.82) is 0 Å². The number of carbonyl (C=O) groups is 1. The van der Waals surface area contributed by atoms with Crippen molar-refractivity contribution < 1.29 is 4.79 Å². The van der Waals surface area contributed by atoms with E-state index < -0.39 is 0 Å². The number of rotatable bonds is 3. The highest BCUT2D eigenvalue weighted by Crippen LogP contribution is 2.19. The zero-order chi connectivity index (χ0) is 15.5. The van der Waals surface area contributed by atoms with Crippen LogP contribution in [0.4, 0.5) is 0 Å². The maximum Gasteiger partial charge on any atom is 0.251 e. The number of nitrogens with zero attached hydrogens (tertiary/aromatic N) is 2. The van der Waals surface area contributed by atoms with E-state index in [2.05, 4.69) is 15.3 Å². The Morgan fingerprint density at radius 1 is 1.09 bits per heavy atom. The van der Waals surface area contributed by atoms with Crippen molar-refractivity contribution in [2.45, 2.75) is 20.4 Å². The van der Waals surface area contributed by atoms with Crippen LogP contribution in [0.15, 0.2) is 48.8 Å². The normalized spacial score (nSPS) is 10.6. The third kappa shape index (κ3) is 2.96. The van der Waals surface area contributed by atoms with Gasteiger partial charge in [-0.15, -0.1) is 0 Å². The predicted octanol–water partition coefficient (Wildman–Crippen LogP) is 3.18. The van der Waals surface area contributed by atoms with Gasteiger partial charge in [-0.25, -0.2) is 0 Å². The van der Waals surface area contributed by atoms with Crippen LogP contribution in [0.25, 0.3) is 10.9 Å². The van der Waals surface area contributed by atoms with Gasteiger partial charge in [-0.05, 0) is 61.4 Å². The molecule has 0 saturated heterocycles. The summed E-state index contributed by atoms with van der Waals surface area (Å²) in [7, 11) is 0. The summed E-state index contributed by atoms with van der Waals surface area (Å²) in [6.07, 6.45) is 3.43. The van der Waals surface area contributed by atoms with Crippen LogP contribution in [-0.4, -0.2) is 15.9 Å². The summed E-state index contributed by atoms with van der Waals surface area (Å²) < 4.78 is 0. The summed E-state index contributed by atoms with van der Waals surface area (Å²) in [6, 6.07) is 11.4. The van der Waals surface area contributed by atoms with Crippen LogP contribution in [0.5, 0.6) is 0 Å². The lowest BCUT2D eigenvalue weighted by atomic mass is 10.1. The van der Waals surface area contributed by atoms with Crippen LogP contribution in [0, 0.1) is 13.8 Å². The molecule has 0 saturated carbocycles. The van der Waals surface area contributed by atoms with E-state index in [0.717, 1.165) is 27.7 Å². The van der Waals surface area contributed by atoms with Crippen molar-refractivity contribution in [2.75, 3.05) is 0 Å². The van der Waals surface area contributed by atoms with E-state index in [4.69, 9.17) is 0 Å². The quantitative estimate of drug-likeness (QED) is 0.806. The number of benzene rings is 1. The molecule has 4 heteroatoms. The highest BCUT2D eigenvalue weighted by Gasteiger charge is 2.08. The minimum Gasteiger partial charge on any atom is -0.348 e. The zero-order valence-corrected chi connectivity index (χ0v) is 12.6. The number of aromatic nitrogens is 2. The number of amides is 1. The number of nitrogens with one attached hydrogen (secondary N) is 1. The van der Waals surface area contributed by atoms with Crippen LogP contribution in [-0.2, 0) is 6.54 Å². The summed E-state index contributed by atoms with van der Waals surface area (Å²) in [5.74, 6) is -0.0845. The standard InChI is InChI=1S/C18H17N3O/c1-12-9-13(2)21-17-4-3-15(10-16(12)17)18(22)20-11-14-5-7-19-8-6-14/h3-10H,11H2,1-2H3,(H,20,22). The van der Waals surface area contributed by atoms with Crippen LogP contribution in [0.1, 0.15) is 27.2 Å². The number of aryl methyl sites for hydroxylation is 2. The average molecular weight is 291 g/mol. The van der Waals surface area contributed by atoms with E-state index in [9.17, 15) is 4.79 Å². The van der Waals surface area contributed by atoms with Gasteiger partial charge >= 0.3 is 0 Å². The number of carbonyl (C=O) groups excluding carboxylic acids is 1. The van der Waals surface area contributed by atoms with E-state index in [1.165, 1.54) is 0 Å². The second kappa shape index (κ2) is 5.93. The van der Waals surface area contributed by atoms with Crippen LogP contribution in [0.3, 0.4) is 0 Å². The van der Waals surface area contributed by atoms with Crippen LogP contribution in [0.2, 0.25) is 0 Å². The van der Waals surface area contributed by atoms with Gasteiger partial charge in [0.25, 0.3) is 5.91 Å². The fourth-order valence-corrected chi connectivity index (χ4v) is 2.49. The molecule has 1 aromatic carbocycles. The summed E-state index contributed by atoms with van der Waals surface area (Å²) in [5.41, 5.74) is 4.71. The highest BCUT2D eigenvalue weighted by molar-refractivity contribution is 5.98. The summed E-state index contributed by atoms with van der Waals surface area (Å²) in [4.78, 5) is 20.7. The Labute approximate surface area is 129 Å². The van der Waals surface area contributed by atoms with Gasteiger partial charge in [-0.3, -0.25) is 14.8 Å². The molecule has 0 unspecified atom stereocenters. The third-order valence-corrected chi connectivity index (χ3v) is 3.61. The SMILES string of the molecule is Cc1cc(C)c2cc(C(=O)NCc3ccncc3)ccc2n1. The fraction of sp³-hybridized carbons (Fsp3) is 0.167. The van der Waals surface area contributed by atoms with E-state index in [1.807, 2.05) is 50.2 Å². The Balaban J connectivity index is 1.82. The van der Waals surface area contributed by atoms with E-state index in [0.29, 0.717) is 12.1 Å². The van der Waals surface area contributed by atoms with Gasteiger partial charge in [-0.2, -0.15) is 0 Å². The second-order valence-electron chi connectivity index (χ2n) is 5.35. The molecule has 2 heterocycles. The number of hydrogen-bond acceptors (Lipinski definition) is 3. The Hall–Kier alpha value is -2.75. The first-order valence-corrected chi connectivity index (χ1v) is 7.18. The Kier molecular flexibility index (Phi) is 3.83. The first-order chi connectivity index (χ1) is 10.6. The smallest absolute Gasteiger partial charge is 0.251 e. The van der Waals surface area contributed by atoms with Gasteiger partial charge in [0, 0.05) is 35.6 Å². The molecule has 22 heavy (non-hydrogen) atoms.